The molecule has 0 spiro atoms. The van der Waals surface area contributed by atoms with E-state index in [1.807, 2.05) is 36.5 Å². The highest BCUT2D eigenvalue weighted by Gasteiger charge is 2.19. The number of fused-ring (bicyclic) bond motifs is 2. The molecule has 55 heavy (non-hydrogen) atoms. The Morgan fingerprint density at radius 1 is 0.364 bits per heavy atom. The standard InChI is InChI=1S/C53H38N2/c1-5-19-38(20-6-1)37-54-52(41-23-9-3-10-24-41)53(42-25-11-4-12-26-42)55-43-35-33-40(34-36-43)50-46-29-15-17-31-48(46)51(49-32-18-16-30-47(49)50)45-28-14-13-27-44(45)39-21-7-2-8-22-39/h1-37,55H/b53-52-,54-37+. The molecule has 9 aromatic carbocycles. The molecular formula is C53H38N2. The molecule has 0 aromatic heterocycles. The zero-order valence-corrected chi connectivity index (χ0v) is 30.3. The van der Waals surface area contributed by atoms with Gasteiger partial charge in [0.05, 0.1) is 11.4 Å². The first-order chi connectivity index (χ1) is 27.3. The van der Waals surface area contributed by atoms with Gasteiger partial charge in [-0.05, 0) is 72.6 Å². The lowest BCUT2D eigenvalue weighted by atomic mass is 9.84. The van der Waals surface area contributed by atoms with E-state index in [0.717, 1.165) is 39.3 Å². The van der Waals surface area contributed by atoms with Gasteiger partial charge < -0.3 is 5.32 Å². The van der Waals surface area contributed by atoms with E-state index in [1.165, 1.54) is 49.4 Å². The van der Waals surface area contributed by atoms with Crippen molar-refractivity contribution >= 4 is 44.8 Å². The van der Waals surface area contributed by atoms with E-state index in [2.05, 4.69) is 193 Å². The molecule has 0 atom stereocenters. The Balaban J connectivity index is 1.18. The molecule has 260 valence electrons. The van der Waals surface area contributed by atoms with Crippen LogP contribution in [-0.2, 0) is 0 Å². The van der Waals surface area contributed by atoms with E-state index < -0.39 is 0 Å². The van der Waals surface area contributed by atoms with Gasteiger partial charge in [0.15, 0.2) is 0 Å². The smallest absolute Gasteiger partial charge is 0.0943 e. The molecule has 0 fully saturated rings. The molecule has 0 amide bonds. The summed E-state index contributed by atoms with van der Waals surface area (Å²) in [5.74, 6) is 0. The van der Waals surface area contributed by atoms with Crippen LogP contribution in [0.2, 0.25) is 0 Å². The molecule has 9 rings (SSSR count). The molecule has 9 aromatic rings. The van der Waals surface area contributed by atoms with Gasteiger partial charge >= 0.3 is 0 Å². The molecule has 2 heteroatoms. The highest BCUT2D eigenvalue weighted by molar-refractivity contribution is 6.22. The van der Waals surface area contributed by atoms with E-state index >= 15 is 0 Å². The number of nitrogens with one attached hydrogen (secondary N) is 1. The van der Waals surface area contributed by atoms with E-state index in [-0.39, 0.29) is 0 Å². The van der Waals surface area contributed by atoms with Crippen molar-refractivity contribution in [1.29, 1.82) is 0 Å². The van der Waals surface area contributed by atoms with Crippen molar-refractivity contribution in [3.8, 4) is 33.4 Å². The second kappa shape index (κ2) is 15.4. The van der Waals surface area contributed by atoms with Crippen molar-refractivity contribution in [2.45, 2.75) is 0 Å². The molecular weight excluding hydrogens is 665 g/mol. The number of aliphatic imine (C=N–C) groups is 1. The molecule has 0 aliphatic carbocycles. The van der Waals surface area contributed by atoms with E-state index in [9.17, 15) is 0 Å². The highest BCUT2D eigenvalue weighted by atomic mass is 14.9. The predicted octanol–water partition coefficient (Wildman–Crippen LogP) is 14.1. The summed E-state index contributed by atoms with van der Waals surface area (Å²) in [5.41, 5.74) is 13.2. The summed E-state index contributed by atoms with van der Waals surface area (Å²) in [7, 11) is 0. The first-order valence-corrected chi connectivity index (χ1v) is 18.7. The van der Waals surface area contributed by atoms with Gasteiger partial charge in [0.2, 0.25) is 0 Å². The van der Waals surface area contributed by atoms with E-state index in [0.29, 0.717) is 0 Å². The molecule has 0 saturated heterocycles. The normalized spacial score (nSPS) is 11.9. The third kappa shape index (κ3) is 6.85. The van der Waals surface area contributed by atoms with Crippen molar-refractivity contribution in [3.63, 3.8) is 0 Å². The molecule has 2 nitrogen and oxygen atoms in total. The minimum Gasteiger partial charge on any atom is -0.353 e. The third-order valence-corrected chi connectivity index (χ3v) is 10.1. The van der Waals surface area contributed by atoms with Gasteiger partial charge in [0.25, 0.3) is 0 Å². The average Bonchev–Trinajstić information content (AvgIpc) is 3.27. The van der Waals surface area contributed by atoms with Crippen molar-refractivity contribution in [1.82, 2.24) is 0 Å². The Kier molecular flexibility index (Phi) is 9.37. The van der Waals surface area contributed by atoms with Gasteiger partial charge in [-0.3, -0.25) is 4.99 Å². The second-order valence-electron chi connectivity index (χ2n) is 13.6. The molecule has 0 bridgehead atoms. The van der Waals surface area contributed by atoms with Crippen molar-refractivity contribution in [2.75, 3.05) is 5.32 Å². The van der Waals surface area contributed by atoms with E-state index in [1.54, 1.807) is 0 Å². The number of nitrogens with zero attached hydrogens (tertiary/aromatic N) is 1. The largest absolute Gasteiger partial charge is 0.353 e. The Morgan fingerprint density at radius 2 is 0.818 bits per heavy atom. The molecule has 0 saturated carbocycles. The van der Waals surface area contributed by atoms with Crippen molar-refractivity contribution in [3.05, 3.63) is 235 Å². The Bertz CT molecular complexity index is 2730. The monoisotopic (exact) mass is 702 g/mol. The maximum Gasteiger partial charge on any atom is 0.0943 e. The Hall–Kier alpha value is -7.29. The third-order valence-electron chi connectivity index (χ3n) is 10.1. The number of hydrogen-bond donors (Lipinski definition) is 1. The van der Waals surface area contributed by atoms with E-state index in [4.69, 9.17) is 4.99 Å². The van der Waals surface area contributed by atoms with Crippen LogP contribution in [0.25, 0.3) is 66.3 Å². The van der Waals surface area contributed by atoms with Crippen LogP contribution >= 0.6 is 0 Å². The lowest BCUT2D eigenvalue weighted by Gasteiger charge is -2.20. The summed E-state index contributed by atoms with van der Waals surface area (Å²) in [5, 5.41) is 8.73. The number of rotatable bonds is 9. The molecule has 0 radical (unpaired) electrons. The molecule has 1 N–H and O–H groups in total. The summed E-state index contributed by atoms with van der Waals surface area (Å²) in [6.45, 7) is 0. The van der Waals surface area contributed by atoms with Gasteiger partial charge in [0, 0.05) is 23.0 Å². The van der Waals surface area contributed by atoms with Crippen LogP contribution in [0.5, 0.6) is 0 Å². The average molecular weight is 703 g/mol. The van der Waals surface area contributed by atoms with Crippen LogP contribution in [0.15, 0.2) is 223 Å². The van der Waals surface area contributed by atoms with Gasteiger partial charge in [0.1, 0.15) is 0 Å². The summed E-state index contributed by atoms with van der Waals surface area (Å²) < 4.78 is 0. The first kappa shape index (κ1) is 33.5. The van der Waals surface area contributed by atoms with Gasteiger partial charge in [-0.1, -0.05) is 206 Å². The topological polar surface area (TPSA) is 24.4 Å². The highest BCUT2D eigenvalue weighted by Crippen LogP contribution is 2.46. The summed E-state index contributed by atoms with van der Waals surface area (Å²) in [6, 6.07) is 77.1. The van der Waals surface area contributed by atoms with Crippen LogP contribution in [0, 0.1) is 0 Å². The maximum absolute atomic E-state index is 5.12. The van der Waals surface area contributed by atoms with Crippen LogP contribution in [0.4, 0.5) is 5.69 Å². The van der Waals surface area contributed by atoms with Crippen LogP contribution in [-0.4, -0.2) is 6.21 Å². The zero-order valence-electron chi connectivity index (χ0n) is 30.3. The Labute approximate surface area is 322 Å². The molecule has 0 aliphatic rings. The van der Waals surface area contributed by atoms with Crippen LogP contribution in [0.1, 0.15) is 16.7 Å². The molecule has 0 heterocycles. The van der Waals surface area contributed by atoms with Crippen molar-refractivity contribution in [2.24, 2.45) is 4.99 Å². The van der Waals surface area contributed by atoms with Gasteiger partial charge in [-0.2, -0.15) is 0 Å². The second-order valence-corrected chi connectivity index (χ2v) is 13.6. The van der Waals surface area contributed by atoms with Crippen LogP contribution in [0.3, 0.4) is 0 Å². The number of benzene rings is 9. The molecule has 0 aliphatic heterocycles. The minimum absolute atomic E-state index is 0.864. The zero-order chi connectivity index (χ0) is 36.8. The maximum atomic E-state index is 5.12. The van der Waals surface area contributed by atoms with Gasteiger partial charge in [-0.25, -0.2) is 0 Å². The number of anilines is 1. The van der Waals surface area contributed by atoms with Gasteiger partial charge in [-0.15, -0.1) is 0 Å². The lowest BCUT2D eigenvalue weighted by Crippen LogP contribution is -2.03. The fourth-order valence-electron chi connectivity index (χ4n) is 7.60. The number of hydrogen-bond acceptors (Lipinski definition) is 2. The Morgan fingerprint density at radius 3 is 1.40 bits per heavy atom. The van der Waals surface area contributed by atoms with Crippen molar-refractivity contribution < 1.29 is 0 Å². The molecule has 0 unspecified atom stereocenters. The minimum atomic E-state index is 0.864. The lowest BCUT2D eigenvalue weighted by molar-refractivity contribution is 1.46. The first-order valence-electron chi connectivity index (χ1n) is 18.7. The fourth-order valence-corrected chi connectivity index (χ4v) is 7.60. The SMILES string of the molecule is C(=N\C(=C(/Nc1ccc(-c2c3ccccc3c(-c3ccccc3-c3ccccc3)c3ccccc23)cc1)c1ccccc1)c1ccccc1)/c1ccccc1. The fraction of sp³-hybridized carbons (Fsp3) is 0. The summed E-state index contributed by atoms with van der Waals surface area (Å²) >= 11 is 0. The quantitative estimate of drug-likeness (QED) is 0.0904. The summed E-state index contributed by atoms with van der Waals surface area (Å²) in [4.78, 5) is 5.12. The predicted molar refractivity (Wildman–Crippen MR) is 235 cm³/mol. The summed E-state index contributed by atoms with van der Waals surface area (Å²) in [6.07, 6.45) is 1.94. The van der Waals surface area contributed by atoms with Crippen LogP contribution < -0.4 is 5.32 Å².